The van der Waals surface area contributed by atoms with Gasteiger partial charge in [-0.2, -0.15) is 13.2 Å². The Balaban J connectivity index is 1.65. The summed E-state index contributed by atoms with van der Waals surface area (Å²) in [5.41, 5.74) is 0.400. The molecule has 0 aliphatic rings. The summed E-state index contributed by atoms with van der Waals surface area (Å²) in [7, 11) is 0. The number of amides is 1. The molecule has 3 aromatic heterocycles. The van der Waals surface area contributed by atoms with Gasteiger partial charge in [-0.1, -0.05) is 0 Å². The van der Waals surface area contributed by atoms with E-state index in [2.05, 4.69) is 15.3 Å². The zero-order valence-electron chi connectivity index (χ0n) is 12.7. The van der Waals surface area contributed by atoms with Gasteiger partial charge in [-0.05, 0) is 42.0 Å². The fraction of sp³-hybridized carbons (Fsp3) is 0.118. The second-order valence-electron chi connectivity index (χ2n) is 5.14. The van der Waals surface area contributed by atoms with E-state index in [4.69, 9.17) is 4.42 Å². The molecule has 8 heteroatoms. The number of rotatable bonds is 4. The van der Waals surface area contributed by atoms with Crippen LogP contribution in [0.2, 0.25) is 0 Å². The molecule has 0 aliphatic carbocycles. The van der Waals surface area contributed by atoms with Crippen LogP contribution in [0, 0.1) is 0 Å². The number of nitrogens with zero attached hydrogens (tertiary/aromatic N) is 2. The zero-order valence-corrected chi connectivity index (χ0v) is 12.7. The Morgan fingerprint density at radius 2 is 2.00 bits per heavy atom. The monoisotopic (exact) mass is 347 g/mol. The third kappa shape index (κ3) is 4.03. The van der Waals surface area contributed by atoms with Crippen molar-refractivity contribution in [3.05, 3.63) is 71.9 Å². The molecule has 0 saturated heterocycles. The van der Waals surface area contributed by atoms with Gasteiger partial charge in [-0.25, -0.2) is 0 Å². The third-order valence-corrected chi connectivity index (χ3v) is 3.37. The minimum Gasteiger partial charge on any atom is -0.463 e. The maximum absolute atomic E-state index is 12.5. The summed E-state index contributed by atoms with van der Waals surface area (Å²) in [6, 6.07) is 8.84. The molecule has 1 N–H and O–H groups in total. The predicted octanol–water partition coefficient (Wildman–Crippen LogP) is 3.69. The molecule has 0 atom stereocenters. The van der Waals surface area contributed by atoms with Gasteiger partial charge in [-0.15, -0.1) is 0 Å². The standard InChI is InChI=1S/C17H12F3N3O2/c18-17(19,20)15-4-3-12(10-22-15)16(24)23-9-11-5-6-21-13(8-11)14-2-1-7-25-14/h1-8,10H,9H2,(H,23,24). The summed E-state index contributed by atoms with van der Waals surface area (Å²) >= 11 is 0. The molecule has 25 heavy (non-hydrogen) atoms. The second-order valence-corrected chi connectivity index (χ2v) is 5.14. The molecule has 0 unspecified atom stereocenters. The van der Waals surface area contributed by atoms with Gasteiger partial charge in [0.15, 0.2) is 5.76 Å². The van der Waals surface area contributed by atoms with E-state index in [1.807, 2.05) is 0 Å². The molecule has 0 spiro atoms. The first-order valence-corrected chi connectivity index (χ1v) is 7.24. The molecule has 3 aromatic rings. The first-order chi connectivity index (χ1) is 11.9. The SMILES string of the molecule is O=C(NCc1ccnc(-c2ccco2)c1)c1ccc(C(F)(F)F)nc1. The number of nitrogens with one attached hydrogen (secondary N) is 1. The smallest absolute Gasteiger partial charge is 0.433 e. The summed E-state index contributed by atoms with van der Waals surface area (Å²) in [6.07, 6.45) is -0.518. The Labute approximate surface area is 140 Å². The minimum absolute atomic E-state index is 0.0494. The van der Waals surface area contributed by atoms with Crippen LogP contribution in [0.25, 0.3) is 11.5 Å². The molecule has 5 nitrogen and oxygen atoms in total. The normalized spacial score (nSPS) is 11.3. The third-order valence-electron chi connectivity index (χ3n) is 3.37. The van der Waals surface area contributed by atoms with Crippen molar-refractivity contribution in [2.75, 3.05) is 0 Å². The molecule has 128 valence electrons. The Morgan fingerprint density at radius 1 is 1.16 bits per heavy atom. The van der Waals surface area contributed by atoms with Crippen LogP contribution in [0.5, 0.6) is 0 Å². The average molecular weight is 347 g/mol. The van der Waals surface area contributed by atoms with Crippen LogP contribution in [-0.2, 0) is 12.7 Å². The van der Waals surface area contributed by atoms with Gasteiger partial charge in [-0.3, -0.25) is 14.8 Å². The van der Waals surface area contributed by atoms with Crippen molar-refractivity contribution in [1.29, 1.82) is 0 Å². The van der Waals surface area contributed by atoms with Crippen molar-refractivity contribution >= 4 is 5.91 Å². The lowest BCUT2D eigenvalue weighted by Crippen LogP contribution is -2.23. The molecular weight excluding hydrogens is 335 g/mol. The Kier molecular flexibility index (Phi) is 4.51. The second kappa shape index (κ2) is 6.76. The Bertz CT molecular complexity index is 860. The highest BCUT2D eigenvalue weighted by Gasteiger charge is 2.32. The van der Waals surface area contributed by atoms with E-state index in [0.29, 0.717) is 11.5 Å². The highest BCUT2D eigenvalue weighted by molar-refractivity contribution is 5.93. The number of hydrogen-bond donors (Lipinski definition) is 1. The summed E-state index contributed by atoms with van der Waals surface area (Å²) in [6.45, 7) is 0.191. The quantitative estimate of drug-likeness (QED) is 0.782. The maximum atomic E-state index is 12.5. The molecule has 0 radical (unpaired) electrons. The first-order valence-electron chi connectivity index (χ1n) is 7.24. The first kappa shape index (κ1) is 16.7. The summed E-state index contributed by atoms with van der Waals surface area (Å²) in [5, 5.41) is 2.63. The molecule has 0 aromatic carbocycles. The Morgan fingerprint density at radius 3 is 2.64 bits per heavy atom. The van der Waals surface area contributed by atoms with Gasteiger partial charge in [0.1, 0.15) is 11.4 Å². The van der Waals surface area contributed by atoms with E-state index in [1.54, 1.807) is 30.5 Å². The van der Waals surface area contributed by atoms with Crippen LogP contribution in [0.1, 0.15) is 21.6 Å². The molecular formula is C17H12F3N3O2. The number of carbonyl (C=O) groups is 1. The number of halogens is 3. The van der Waals surface area contributed by atoms with Crippen molar-refractivity contribution < 1.29 is 22.4 Å². The number of pyridine rings is 2. The van der Waals surface area contributed by atoms with Crippen LogP contribution in [0.15, 0.2) is 59.5 Å². The highest BCUT2D eigenvalue weighted by Crippen LogP contribution is 2.27. The Hall–Kier alpha value is -3.16. The summed E-state index contributed by atoms with van der Waals surface area (Å²) in [5.74, 6) is 0.0812. The fourth-order valence-corrected chi connectivity index (χ4v) is 2.12. The molecule has 0 fully saturated rings. The van der Waals surface area contributed by atoms with Crippen molar-refractivity contribution in [3.8, 4) is 11.5 Å². The lowest BCUT2D eigenvalue weighted by Gasteiger charge is -2.08. The van der Waals surface area contributed by atoms with Crippen molar-refractivity contribution in [3.63, 3.8) is 0 Å². The average Bonchev–Trinajstić information content (AvgIpc) is 3.14. The van der Waals surface area contributed by atoms with Crippen LogP contribution in [0.4, 0.5) is 13.2 Å². The number of alkyl halides is 3. The van der Waals surface area contributed by atoms with Crippen molar-refractivity contribution in [2.24, 2.45) is 0 Å². The number of hydrogen-bond acceptors (Lipinski definition) is 4. The van der Waals surface area contributed by atoms with Gasteiger partial charge >= 0.3 is 6.18 Å². The van der Waals surface area contributed by atoms with Crippen LogP contribution in [-0.4, -0.2) is 15.9 Å². The molecule has 0 bridgehead atoms. The van der Waals surface area contributed by atoms with Gasteiger partial charge in [0, 0.05) is 18.9 Å². The van der Waals surface area contributed by atoms with E-state index in [-0.39, 0.29) is 12.1 Å². The largest absolute Gasteiger partial charge is 0.463 e. The van der Waals surface area contributed by atoms with Crippen LogP contribution >= 0.6 is 0 Å². The fourth-order valence-electron chi connectivity index (χ4n) is 2.12. The van der Waals surface area contributed by atoms with Crippen LogP contribution in [0.3, 0.4) is 0 Å². The maximum Gasteiger partial charge on any atom is 0.433 e. The van der Waals surface area contributed by atoms with Gasteiger partial charge in [0.2, 0.25) is 0 Å². The van der Waals surface area contributed by atoms with Gasteiger partial charge < -0.3 is 9.73 Å². The summed E-state index contributed by atoms with van der Waals surface area (Å²) in [4.78, 5) is 19.5. The van der Waals surface area contributed by atoms with E-state index in [1.165, 1.54) is 6.26 Å². The predicted molar refractivity (Wildman–Crippen MR) is 82.3 cm³/mol. The van der Waals surface area contributed by atoms with Gasteiger partial charge in [0.25, 0.3) is 5.91 Å². The molecule has 1 amide bonds. The van der Waals surface area contributed by atoms with E-state index in [0.717, 1.165) is 23.9 Å². The number of furan rings is 1. The van der Waals surface area contributed by atoms with Gasteiger partial charge in [0.05, 0.1) is 11.8 Å². The molecule has 0 aliphatic heterocycles. The molecule has 3 heterocycles. The lowest BCUT2D eigenvalue weighted by molar-refractivity contribution is -0.141. The van der Waals surface area contributed by atoms with Crippen LogP contribution < -0.4 is 5.32 Å². The summed E-state index contributed by atoms with van der Waals surface area (Å²) < 4.78 is 42.7. The zero-order chi connectivity index (χ0) is 17.9. The topological polar surface area (TPSA) is 68.0 Å². The minimum atomic E-state index is -4.53. The van der Waals surface area contributed by atoms with Crippen molar-refractivity contribution in [1.82, 2.24) is 15.3 Å². The highest BCUT2D eigenvalue weighted by atomic mass is 19.4. The molecule has 3 rings (SSSR count). The number of carbonyl (C=O) groups excluding carboxylic acids is 1. The molecule has 0 saturated carbocycles. The number of aromatic nitrogens is 2. The van der Waals surface area contributed by atoms with E-state index in [9.17, 15) is 18.0 Å². The van der Waals surface area contributed by atoms with E-state index < -0.39 is 17.8 Å². The van der Waals surface area contributed by atoms with E-state index >= 15 is 0 Å². The van der Waals surface area contributed by atoms with Crippen molar-refractivity contribution in [2.45, 2.75) is 12.7 Å². The lowest BCUT2D eigenvalue weighted by atomic mass is 10.2.